The third-order valence-corrected chi connectivity index (χ3v) is 1.49. The van der Waals surface area contributed by atoms with E-state index in [0.717, 1.165) is 0 Å². The van der Waals surface area contributed by atoms with Crippen LogP contribution in [0.1, 0.15) is 0 Å². The molecule has 1 heterocycles. The van der Waals surface area contributed by atoms with Crippen molar-refractivity contribution in [2.45, 2.75) is 0 Å². The number of amides is 3. The number of hydrogen-bond acceptors (Lipinski definition) is 2. The molecule has 0 spiro atoms. The lowest BCUT2D eigenvalue weighted by molar-refractivity contribution is -0.116. The lowest BCUT2D eigenvalue weighted by Crippen LogP contribution is -2.37. The van der Waals surface area contributed by atoms with E-state index in [-0.39, 0.29) is 5.57 Å². The first-order valence-electron chi connectivity index (χ1n) is 2.73. The molecule has 3 amide bonds. The zero-order valence-electron chi connectivity index (χ0n) is 5.43. The molecule has 1 aliphatic heterocycles. The van der Waals surface area contributed by atoms with Gasteiger partial charge in [0.1, 0.15) is 0 Å². The molecule has 1 radical (unpaired) electrons. The Morgan fingerprint density at radius 1 is 1.64 bits per heavy atom. The Hall–Kier alpha value is -1.10. The van der Waals surface area contributed by atoms with E-state index in [1.54, 1.807) is 0 Å². The summed E-state index contributed by atoms with van der Waals surface area (Å²) in [6, 6.07) is -0.646. The van der Waals surface area contributed by atoms with Crippen molar-refractivity contribution in [1.29, 1.82) is 0 Å². The van der Waals surface area contributed by atoms with Crippen LogP contribution in [0.4, 0.5) is 4.79 Å². The van der Waals surface area contributed by atoms with Gasteiger partial charge in [-0.05, 0) is 0 Å². The maximum absolute atomic E-state index is 10.9. The first-order valence-corrected chi connectivity index (χ1v) is 3.52. The highest BCUT2D eigenvalue weighted by Crippen LogP contribution is 2.15. The highest BCUT2D eigenvalue weighted by Gasteiger charge is 2.20. The molecule has 57 valence electrons. The molecular weight excluding hydrogens is 212 g/mol. The SMILES string of the molecule is C=C(Br)C1=CNC(=O)[N]C1=O. The maximum Gasteiger partial charge on any atom is 0.348 e. The molecule has 1 aliphatic rings. The summed E-state index contributed by atoms with van der Waals surface area (Å²) in [6.07, 6.45) is 1.27. The van der Waals surface area contributed by atoms with Gasteiger partial charge >= 0.3 is 6.03 Å². The molecule has 1 rings (SSSR count). The third kappa shape index (κ3) is 1.68. The average Bonchev–Trinajstić information content (AvgIpc) is 1.85. The summed E-state index contributed by atoms with van der Waals surface area (Å²) in [5.74, 6) is -0.573. The van der Waals surface area contributed by atoms with Crippen molar-refractivity contribution in [3.8, 4) is 0 Å². The van der Waals surface area contributed by atoms with E-state index in [4.69, 9.17) is 0 Å². The Labute approximate surface area is 71.5 Å². The van der Waals surface area contributed by atoms with Gasteiger partial charge in [-0.15, -0.1) is 0 Å². The molecule has 1 N–H and O–H groups in total. The van der Waals surface area contributed by atoms with E-state index < -0.39 is 11.9 Å². The van der Waals surface area contributed by atoms with E-state index in [0.29, 0.717) is 4.48 Å². The van der Waals surface area contributed by atoms with Crippen LogP contribution in [0.15, 0.2) is 22.8 Å². The van der Waals surface area contributed by atoms with Gasteiger partial charge in [-0.2, -0.15) is 5.32 Å². The van der Waals surface area contributed by atoms with Gasteiger partial charge in [0.25, 0.3) is 5.91 Å². The van der Waals surface area contributed by atoms with Crippen LogP contribution in [0, 0.1) is 0 Å². The van der Waals surface area contributed by atoms with Crippen molar-refractivity contribution in [2.24, 2.45) is 0 Å². The highest BCUT2D eigenvalue weighted by molar-refractivity contribution is 9.12. The smallest absolute Gasteiger partial charge is 0.312 e. The molecule has 0 saturated heterocycles. The number of nitrogens with one attached hydrogen (secondary N) is 1. The number of rotatable bonds is 1. The van der Waals surface area contributed by atoms with Crippen molar-refractivity contribution in [2.75, 3.05) is 0 Å². The van der Waals surface area contributed by atoms with Crippen LogP contribution < -0.4 is 10.6 Å². The number of nitrogens with zero attached hydrogens (tertiary/aromatic N) is 1. The standard InChI is InChI=1S/C6H4BrN2O2/c1-3(7)4-2-8-6(11)9-5(4)10/h2H,1H2,(H,8,11). The molecule has 0 aromatic heterocycles. The summed E-state index contributed by atoms with van der Waals surface area (Å²) in [4.78, 5) is 21.3. The second kappa shape index (κ2) is 2.87. The van der Waals surface area contributed by atoms with Crippen molar-refractivity contribution in [1.82, 2.24) is 10.6 Å². The second-order valence-electron chi connectivity index (χ2n) is 1.83. The monoisotopic (exact) mass is 215 g/mol. The number of urea groups is 1. The van der Waals surface area contributed by atoms with Crippen molar-refractivity contribution >= 4 is 27.9 Å². The van der Waals surface area contributed by atoms with Gasteiger partial charge in [0, 0.05) is 10.7 Å². The fourth-order valence-electron chi connectivity index (χ4n) is 0.575. The van der Waals surface area contributed by atoms with Gasteiger partial charge < -0.3 is 5.32 Å². The summed E-state index contributed by atoms with van der Waals surface area (Å²) in [6.45, 7) is 3.47. The zero-order valence-corrected chi connectivity index (χ0v) is 7.01. The quantitative estimate of drug-likeness (QED) is 0.698. The summed E-state index contributed by atoms with van der Waals surface area (Å²) in [5, 5.41) is 5.40. The fourth-order valence-corrected chi connectivity index (χ4v) is 0.859. The van der Waals surface area contributed by atoms with Crippen molar-refractivity contribution in [3.63, 3.8) is 0 Å². The number of halogens is 1. The Morgan fingerprint density at radius 3 is 2.73 bits per heavy atom. The first kappa shape index (κ1) is 8.00. The Bertz CT molecular complexity index is 270. The van der Waals surface area contributed by atoms with Gasteiger partial charge in [-0.3, -0.25) is 4.79 Å². The van der Waals surface area contributed by atoms with E-state index in [1.165, 1.54) is 6.20 Å². The molecule has 0 bridgehead atoms. The molecule has 0 saturated carbocycles. The molecule has 4 nitrogen and oxygen atoms in total. The molecule has 0 aromatic rings. The number of carbonyl (C=O) groups excluding carboxylic acids is 2. The van der Waals surface area contributed by atoms with Gasteiger partial charge in [0.2, 0.25) is 0 Å². The van der Waals surface area contributed by atoms with Gasteiger partial charge in [-0.1, -0.05) is 22.5 Å². The molecule has 0 fully saturated rings. The van der Waals surface area contributed by atoms with Gasteiger partial charge in [0.15, 0.2) is 0 Å². The number of imide groups is 1. The summed E-state index contributed by atoms with van der Waals surface area (Å²) < 4.78 is 0.409. The minimum atomic E-state index is -0.646. The Balaban J connectivity index is 2.89. The lowest BCUT2D eigenvalue weighted by atomic mass is 10.2. The average molecular weight is 216 g/mol. The van der Waals surface area contributed by atoms with Crippen LogP contribution in [0.3, 0.4) is 0 Å². The zero-order chi connectivity index (χ0) is 8.43. The van der Waals surface area contributed by atoms with Crippen LogP contribution >= 0.6 is 15.9 Å². The fraction of sp³-hybridized carbons (Fsp3) is 0. The molecule has 5 heteroatoms. The number of carbonyl (C=O) groups is 2. The normalized spacial score (nSPS) is 16.6. The van der Waals surface area contributed by atoms with Crippen LogP contribution in [0.2, 0.25) is 0 Å². The first-order chi connectivity index (χ1) is 5.11. The molecule has 0 unspecified atom stereocenters. The molecule has 0 aromatic carbocycles. The molecule has 0 atom stereocenters. The number of hydrogen-bond donors (Lipinski definition) is 1. The van der Waals surface area contributed by atoms with Crippen LogP contribution in [0.25, 0.3) is 0 Å². The highest BCUT2D eigenvalue weighted by atomic mass is 79.9. The molecule has 0 aliphatic carbocycles. The lowest BCUT2D eigenvalue weighted by Gasteiger charge is -2.09. The van der Waals surface area contributed by atoms with E-state index in [1.807, 2.05) is 0 Å². The summed E-state index contributed by atoms with van der Waals surface area (Å²) in [7, 11) is 0. The van der Waals surface area contributed by atoms with Gasteiger partial charge in [0.05, 0.1) is 5.57 Å². The Kier molecular flexibility index (Phi) is 2.09. The van der Waals surface area contributed by atoms with Crippen LogP contribution in [0.5, 0.6) is 0 Å². The summed E-state index contributed by atoms with van der Waals surface area (Å²) in [5.41, 5.74) is 0.268. The third-order valence-electron chi connectivity index (χ3n) is 1.07. The maximum atomic E-state index is 10.9. The minimum absolute atomic E-state index is 0.268. The van der Waals surface area contributed by atoms with Crippen LogP contribution in [-0.4, -0.2) is 11.9 Å². The predicted molar refractivity (Wildman–Crippen MR) is 41.8 cm³/mol. The predicted octanol–water partition coefficient (Wildman–Crippen LogP) is 0.633. The second-order valence-corrected chi connectivity index (χ2v) is 2.79. The molecule has 11 heavy (non-hydrogen) atoms. The Morgan fingerprint density at radius 2 is 2.27 bits per heavy atom. The van der Waals surface area contributed by atoms with E-state index >= 15 is 0 Å². The van der Waals surface area contributed by atoms with Crippen molar-refractivity contribution in [3.05, 3.63) is 22.8 Å². The van der Waals surface area contributed by atoms with Crippen LogP contribution in [-0.2, 0) is 4.79 Å². The largest absolute Gasteiger partial charge is 0.348 e. The van der Waals surface area contributed by atoms with E-state index in [9.17, 15) is 9.59 Å². The van der Waals surface area contributed by atoms with Crippen molar-refractivity contribution < 1.29 is 9.59 Å². The van der Waals surface area contributed by atoms with E-state index in [2.05, 4.69) is 33.1 Å². The minimum Gasteiger partial charge on any atom is -0.312 e. The summed E-state index contributed by atoms with van der Waals surface area (Å²) >= 11 is 3.00. The van der Waals surface area contributed by atoms with Gasteiger partial charge in [-0.25, -0.2) is 4.79 Å². The topological polar surface area (TPSA) is 60.3 Å². The molecular formula is C6H4BrN2O2.